The van der Waals surface area contributed by atoms with E-state index in [1.807, 2.05) is 6.07 Å². The Morgan fingerprint density at radius 2 is 1.94 bits per heavy atom. The third-order valence-electron chi connectivity index (χ3n) is 7.06. The lowest BCUT2D eigenvalue weighted by Gasteiger charge is -2.44. The average molecular weight is 460 g/mol. The van der Waals surface area contributed by atoms with E-state index >= 15 is 0 Å². The van der Waals surface area contributed by atoms with Gasteiger partial charge in [0.25, 0.3) is 0 Å². The van der Waals surface area contributed by atoms with Gasteiger partial charge in [-0.3, -0.25) is 14.5 Å². The Hall–Kier alpha value is -3.10. The summed E-state index contributed by atoms with van der Waals surface area (Å²) in [4.78, 5) is 24.2. The van der Waals surface area contributed by atoms with E-state index in [4.69, 9.17) is 9.47 Å². The van der Waals surface area contributed by atoms with Gasteiger partial charge in [0.1, 0.15) is 5.56 Å². The van der Waals surface area contributed by atoms with Gasteiger partial charge in [0.2, 0.25) is 5.92 Å². The molecule has 2 aromatic rings. The molecule has 9 heteroatoms. The monoisotopic (exact) mass is 460 g/mol. The Labute approximate surface area is 189 Å². The fourth-order valence-electron chi connectivity index (χ4n) is 5.40. The summed E-state index contributed by atoms with van der Waals surface area (Å²) in [6.07, 6.45) is 2.75. The van der Waals surface area contributed by atoms with Crippen molar-refractivity contribution in [3.05, 3.63) is 45.7 Å². The van der Waals surface area contributed by atoms with E-state index in [0.29, 0.717) is 17.2 Å². The highest BCUT2D eigenvalue weighted by Gasteiger charge is 2.47. The van der Waals surface area contributed by atoms with E-state index < -0.39 is 17.3 Å². The van der Waals surface area contributed by atoms with Crippen LogP contribution in [0, 0.1) is 5.92 Å². The molecule has 1 aromatic carbocycles. The van der Waals surface area contributed by atoms with Crippen molar-refractivity contribution in [2.24, 2.45) is 5.92 Å². The van der Waals surface area contributed by atoms with Crippen molar-refractivity contribution in [1.82, 2.24) is 4.68 Å². The molecule has 1 N–H and O–H groups in total. The van der Waals surface area contributed by atoms with Crippen LogP contribution < -0.4 is 19.9 Å². The molecule has 7 nitrogen and oxygen atoms in total. The van der Waals surface area contributed by atoms with Crippen molar-refractivity contribution in [1.29, 1.82) is 0 Å². The topological polar surface area (TPSA) is 81.0 Å². The van der Waals surface area contributed by atoms with Crippen molar-refractivity contribution >= 4 is 5.97 Å². The van der Waals surface area contributed by atoms with Crippen molar-refractivity contribution in [3.63, 3.8) is 0 Å². The van der Waals surface area contributed by atoms with Gasteiger partial charge >= 0.3 is 5.97 Å². The summed E-state index contributed by atoms with van der Waals surface area (Å²) < 4.78 is 39.6. The van der Waals surface area contributed by atoms with E-state index in [2.05, 4.69) is 18.9 Å². The second kappa shape index (κ2) is 7.20. The molecule has 3 heterocycles. The Balaban J connectivity index is 1.61. The third kappa shape index (κ3) is 3.45. The number of nitrogens with zero attached hydrogens (tertiary/aromatic N) is 2. The van der Waals surface area contributed by atoms with Gasteiger partial charge in [-0.1, -0.05) is 0 Å². The molecule has 0 bridgehead atoms. The number of aromatic carboxylic acids is 1. The van der Waals surface area contributed by atoms with E-state index in [-0.39, 0.29) is 42.5 Å². The number of halogens is 2. The van der Waals surface area contributed by atoms with Crippen LogP contribution in [0.5, 0.6) is 11.5 Å². The molecule has 1 aliphatic carbocycles. The van der Waals surface area contributed by atoms with Crippen LogP contribution in [0.25, 0.3) is 11.3 Å². The second-order valence-corrected chi connectivity index (χ2v) is 9.83. The van der Waals surface area contributed by atoms with Gasteiger partial charge < -0.3 is 14.6 Å². The molecule has 2 aliphatic heterocycles. The standard InChI is InChI=1S/C24H26F2N2O5/c1-23(2)5-4-17-14-7-21(33-12-13-9-24(25,26)10-13)20(32-3)6-15(14)18-8-19(29)16(22(30)31)11-27(18)28(17)23/h6-8,11,13,17H,4-5,9-10,12H2,1-3H3,(H,30,31)/t17-/m1/s1. The number of fused-ring (bicyclic) bond motifs is 6. The molecule has 0 radical (unpaired) electrons. The van der Waals surface area contributed by atoms with Gasteiger partial charge in [-0.05, 0) is 44.4 Å². The number of aromatic nitrogens is 1. The third-order valence-corrected chi connectivity index (χ3v) is 7.06. The maximum Gasteiger partial charge on any atom is 0.341 e. The minimum absolute atomic E-state index is 0.0621. The average Bonchev–Trinajstić information content (AvgIpc) is 3.05. The zero-order valence-corrected chi connectivity index (χ0v) is 18.7. The SMILES string of the molecule is COc1cc2c(cc1OCC1CC(F)(F)C1)[C@H]1CCC(C)(C)N1n1cc(C(=O)O)c(=O)cc1-2. The summed E-state index contributed by atoms with van der Waals surface area (Å²) in [7, 11) is 1.50. The molecule has 5 rings (SSSR count). The first-order chi connectivity index (χ1) is 15.5. The number of ether oxygens (including phenoxy) is 2. The summed E-state index contributed by atoms with van der Waals surface area (Å²) in [6.45, 7) is 4.35. The van der Waals surface area contributed by atoms with Gasteiger partial charge in [0.05, 0.1) is 31.0 Å². The molecule has 33 heavy (non-hydrogen) atoms. The fourth-order valence-corrected chi connectivity index (χ4v) is 5.40. The van der Waals surface area contributed by atoms with Crippen LogP contribution in [-0.2, 0) is 0 Å². The van der Waals surface area contributed by atoms with Gasteiger partial charge in [0.15, 0.2) is 16.9 Å². The minimum atomic E-state index is -2.60. The number of hydrogen-bond acceptors (Lipinski definition) is 5. The number of methoxy groups -OCH3 is 1. The number of benzene rings is 1. The Morgan fingerprint density at radius 3 is 2.58 bits per heavy atom. The smallest absolute Gasteiger partial charge is 0.341 e. The minimum Gasteiger partial charge on any atom is -0.493 e. The molecule has 1 atom stereocenters. The Bertz CT molecular complexity index is 1200. The second-order valence-electron chi connectivity index (χ2n) is 9.83. The lowest BCUT2D eigenvalue weighted by molar-refractivity contribution is -0.119. The number of carboxylic acid groups (broad SMARTS) is 1. The van der Waals surface area contributed by atoms with Crippen LogP contribution in [0.3, 0.4) is 0 Å². The lowest BCUT2D eigenvalue weighted by Crippen LogP contribution is -2.50. The molecule has 2 fully saturated rings. The molecule has 0 spiro atoms. The highest BCUT2D eigenvalue weighted by Crippen LogP contribution is 2.51. The van der Waals surface area contributed by atoms with Crippen LogP contribution in [-0.4, -0.2) is 40.9 Å². The molecule has 176 valence electrons. The molecule has 0 unspecified atom stereocenters. The van der Waals surface area contributed by atoms with Crippen LogP contribution in [0.4, 0.5) is 8.78 Å². The lowest BCUT2D eigenvalue weighted by atomic mass is 9.82. The number of alkyl halides is 2. The van der Waals surface area contributed by atoms with E-state index in [0.717, 1.165) is 24.0 Å². The molecule has 0 amide bonds. The predicted octanol–water partition coefficient (Wildman–Crippen LogP) is 4.21. The van der Waals surface area contributed by atoms with E-state index in [1.165, 1.54) is 19.4 Å². The largest absolute Gasteiger partial charge is 0.493 e. The number of carboxylic acids is 1. The van der Waals surface area contributed by atoms with E-state index in [1.54, 1.807) is 10.7 Å². The number of rotatable bonds is 5. The maximum absolute atomic E-state index is 13.2. The van der Waals surface area contributed by atoms with Gasteiger partial charge in [0, 0.05) is 36.6 Å². The normalized spacial score (nSPS) is 22.1. The maximum atomic E-state index is 13.2. The quantitative estimate of drug-likeness (QED) is 0.720. The van der Waals surface area contributed by atoms with Crippen LogP contribution in [0.2, 0.25) is 0 Å². The summed E-state index contributed by atoms with van der Waals surface area (Å²) in [5, 5.41) is 11.6. The van der Waals surface area contributed by atoms with Gasteiger partial charge in [-0.2, -0.15) is 0 Å². The highest BCUT2D eigenvalue weighted by atomic mass is 19.3. The van der Waals surface area contributed by atoms with Gasteiger partial charge in [-0.25, -0.2) is 13.6 Å². The first kappa shape index (κ1) is 21.7. The predicted molar refractivity (Wildman–Crippen MR) is 117 cm³/mol. The van der Waals surface area contributed by atoms with Crippen LogP contribution in [0.1, 0.15) is 61.5 Å². The van der Waals surface area contributed by atoms with Crippen molar-refractivity contribution in [2.45, 2.75) is 57.0 Å². The summed E-state index contributed by atoms with van der Waals surface area (Å²) >= 11 is 0. The number of carbonyl (C=O) groups is 1. The van der Waals surface area contributed by atoms with Crippen LogP contribution in [0.15, 0.2) is 29.2 Å². The highest BCUT2D eigenvalue weighted by molar-refractivity contribution is 5.88. The molecule has 3 aliphatic rings. The van der Waals surface area contributed by atoms with Crippen molar-refractivity contribution < 1.29 is 28.2 Å². The van der Waals surface area contributed by atoms with E-state index in [9.17, 15) is 23.5 Å². The molecule has 1 saturated carbocycles. The molecule has 1 aromatic heterocycles. The zero-order valence-electron chi connectivity index (χ0n) is 18.7. The Kier molecular flexibility index (Phi) is 4.74. The summed E-state index contributed by atoms with van der Waals surface area (Å²) in [5.41, 5.74) is 1.16. The molecular weight excluding hydrogens is 434 g/mol. The molecular formula is C24H26F2N2O5. The first-order valence-corrected chi connectivity index (χ1v) is 11.0. The molecule has 1 saturated heterocycles. The van der Waals surface area contributed by atoms with Crippen LogP contribution >= 0.6 is 0 Å². The number of hydrogen-bond donors (Lipinski definition) is 1. The fraction of sp³-hybridized carbons (Fsp3) is 0.500. The first-order valence-electron chi connectivity index (χ1n) is 11.0. The summed E-state index contributed by atoms with van der Waals surface area (Å²) in [6, 6.07) is 4.95. The van der Waals surface area contributed by atoms with Crippen molar-refractivity contribution in [3.8, 4) is 22.8 Å². The summed E-state index contributed by atoms with van der Waals surface area (Å²) in [5.74, 6) is -3.15. The number of pyridine rings is 1. The van der Waals surface area contributed by atoms with Crippen molar-refractivity contribution in [2.75, 3.05) is 18.7 Å². The van der Waals surface area contributed by atoms with Gasteiger partial charge in [-0.15, -0.1) is 0 Å². The zero-order chi connectivity index (χ0) is 23.7. The Morgan fingerprint density at radius 1 is 1.21 bits per heavy atom.